The average molecular weight is 662 g/mol. The van der Waals surface area contributed by atoms with Crippen molar-refractivity contribution in [2.75, 3.05) is 0 Å². The highest BCUT2D eigenvalue weighted by Crippen LogP contribution is 2.43. The van der Waals surface area contributed by atoms with Gasteiger partial charge in [-0.2, -0.15) is 0 Å². The summed E-state index contributed by atoms with van der Waals surface area (Å²) in [5.41, 5.74) is 11.1. The molecule has 3 heterocycles. The van der Waals surface area contributed by atoms with E-state index in [0.717, 1.165) is 44.9 Å². The Kier molecular flexibility index (Phi) is 6.25. The van der Waals surface area contributed by atoms with E-state index in [0.29, 0.717) is 0 Å². The van der Waals surface area contributed by atoms with E-state index < -0.39 is 0 Å². The zero-order chi connectivity index (χ0) is 34.2. The summed E-state index contributed by atoms with van der Waals surface area (Å²) in [6.45, 7) is 0. The molecule has 52 heavy (non-hydrogen) atoms. The molecule has 11 aromatic rings. The molecule has 0 bridgehead atoms. The third-order valence-corrected chi connectivity index (χ3v) is 10.7. The van der Waals surface area contributed by atoms with Gasteiger partial charge in [-0.25, -0.2) is 4.98 Å². The summed E-state index contributed by atoms with van der Waals surface area (Å²) in [6.07, 6.45) is 0. The van der Waals surface area contributed by atoms with E-state index in [4.69, 9.17) is 4.98 Å². The summed E-state index contributed by atoms with van der Waals surface area (Å²) in [7, 11) is 0. The van der Waals surface area contributed by atoms with Gasteiger partial charge in [0, 0.05) is 38.4 Å². The van der Waals surface area contributed by atoms with Crippen LogP contribution in [-0.2, 0) is 0 Å². The highest BCUT2D eigenvalue weighted by atomic mass is 15.0. The van der Waals surface area contributed by atoms with Crippen LogP contribution in [-0.4, -0.2) is 14.1 Å². The fourth-order valence-corrected chi connectivity index (χ4v) is 8.45. The maximum atomic E-state index is 5.46. The maximum Gasteiger partial charge on any atom is 0.0736 e. The number of fused-ring (bicyclic) bond motifs is 9. The largest absolute Gasteiger partial charge is 0.309 e. The fraction of sp³-hybridized carbons (Fsp3) is 0. The first kappa shape index (κ1) is 28.8. The van der Waals surface area contributed by atoms with Crippen molar-refractivity contribution in [2.45, 2.75) is 0 Å². The number of benzene rings is 8. The van der Waals surface area contributed by atoms with Gasteiger partial charge >= 0.3 is 0 Å². The van der Waals surface area contributed by atoms with E-state index in [9.17, 15) is 0 Å². The van der Waals surface area contributed by atoms with Crippen LogP contribution in [0, 0.1) is 0 Å². The molecule has 0 aliphatic rings. The van der Waals surface area contributed by atoms with Crippen molar-refractivity contribution in [2.24, 2.45) is 0 Å². The molecular weight excluding hydrogens is 631 g/mol. The number of aromatic nitrogens is 3. The highest BCUT2D eigenvalue weighted by Gasteiger charge is 2.22. The Morgan fingerprint density at radius 1 is 0.327 bits per heavy atom. The van der Waals surface area contributed by atoms with Gasteiger partial charge in [-0.05, 0) is 64.0 Å². The van der Waals surface area contributed by atoms with Gasteiger partial charge in [0.2, 0.25) is 0 Å². The molecule has 0 N–H and O–H groups in total. The van der Waals surface area contributed by atoms with E-state index in [-0.39, 0.29) is 0 Å². The first-order valence-corrected chi connectivity index (χ1v) is 17.8. The Bertz CT molecular complexity index is 3070. The van der Waals surface area contributed by atoms with Gasteiger partial charge in [-0.3, -0.25) is 0 Å². The number of hydrogen-bond acceptors (Lipinski definition) is 1. The monoisotopic (exact) mass is 661 g/mol. The van der Waals surface area contributed by atoms with Gasteiger partial charge in [0.25, 0.3) is 0 Å². The lowest BCUT2D eigenvalue weighted by molar-refractivity contribution is 1.16. The quantitative estimate of drug-likeness (QED) is 0.184. The van der Waals surface area contributed by atoms with E-state index in [2.05, 4.69) is 197 Å². The smallest absolute Gasteiger partial charge is 0.0736 e. The predicted molar refractivity (Wildman–Crippen MR) is 219 cm³/mol. The molecule has 0 aliphatic heterocycles. The van der Waals surface area contributed by atoms with E-state index >= 15 is 0 Å². The molecule has 0 unspecified atom stereocenters. The zero-order valence-corrected chi connectivity index (χ0v) is 28.2. The Labute approximate surface area is 300 Å². The van der Waals surface area contributed by atoms with E-state index in [1.165, 1.54) is 54.1 Å². The van der Waals surface area contributed by atoms with Crippen LogP contribution < -0.4 is 0 Å². The summed E-state index contributed by atoms with van der Waals surface area (Å²) in [4.78, 5) is 5.46. The summed E-state index contributed by atoms with van der Waals surface area (Å²) >= 11 is 0. The van der Waals surface area contributed by atoms with Crippen LogP contribution in [0.1, 0.15) is 0 Å². The molecule has 0 spiro atoms. The molecule has 0 amide bonds. The molecule has 0 radical (unpaired) electrons. The standard InChI is InChI=1S/C49H31N3/c1-2-18-34(19-3-1)52-45-26-10-8-22-40(45)41-28-29-47-48(49(41)52)42-23-9-11-27-46(42)51(47)35-30-43(38-24-12-16-32-14-4-6-20-36(32)38)50-44(31-35)39-25-13-17-33-15-5-7-21-37(33)39/h1-31H. The van der Waals surface area contributed by atoms with Crippen molar-refractivity contribution in [3.8, 4) is 33.9 Å². The lowest BCUT2D eigenvalue weighted by atomic mass is 9.98. The Hall–Kier alpha value is -6.97. The number of rotatable bonds is 4. The zero-order valence-electron chi connectivity index (χ0n) is 28.2. The Morgan fingerprint density at radius 2 is 0.846 bits per heavy atom. The third kappa shape index (κ3) is 4.23. The Balaban J connectivity index is 1.28. The molecule has 8 aromatic carbocycles. The van der Waals surface area contributed by atoms with Gasteiger partial charge in [0.1, 0.15) is 0 Å². The topological polar surface area (TPSA) is 22.8 Å². The van der Waals surface area contributed by atoms with Crippen LogP contribution in [0.2, 0.25) is 0 Å². The normalized spacial score (nSPS) is 11.8. The average Bonchev–Trinajstić information content (AvgIpc) is 3.73. The second-order valence-electron chi connectivity index (χ2n) is 13.5. The second-order valence-corrected chi connectivity index (χ2v) is 13.5. The number of nitrogens with zero attached hydrogens (tertiary/aromatic N) is 3. The van der Waals surface area contributed by atoms with Crippen molar-refractivity contribution < 1.29 is 0 Å². The van der Waals surface area contributed by atoms with Gasteiger partial charge in [-0.15, -0.1) is 0 Å². The number of para-hydroxylation sites is 3. The van der Waals surface area contributed by atoms with Crippen LogP contribution in [0.4, 0.5) is 0 Å². The van der Waals surface area contributed by atoms with Crippen LogP contribution in [0.3, 0.4) is 0 Å². The minimum atomic E-state index is 0.947. The number of pyridine rings is 1. The van der Waals surface area contributed by atoms with Crippen molar-refractivity contribution in [1.82, 2.24) is 14.1 Å². The second kappa shape index (κ2) is 11.3. The van der Waals surface area contributed by atoms with Gasteiger partial charge in [0.05, 0.1) is 39.1 Å². The van der Waals surface area contributed by atoms with Crippen molar-refractivity contribution in [1.29, 1.82) is 0 Å². The minimum absolute atomic E-state index is 0.947. The van der Waals surface area contributed by atoms with E-state index in [1.54, 1.807) is 0 Å². The molecular formula is C49H31N3. The van der Waals surface area contributed by atoms with Crippen LogP contribution in [0.5, 0.6) is 0 Å². The molecule has 242 valence electrons. The molecule has 3 heteroatoms. The maximum absolute atomic E-state index is 5.46. The summed E-state index contributed by atoms with van der Waals surface area (Å²) < 4.78 is 4.89. The molecule has 3 nitrogen and oxygen atoms in total. The van der Waals surface area contributed by atoms with Crippen LogP contribution >= 0.6 is 0 Å². The van der Waals surface area contributed by atoms with Gasteiger partial charge in [0.15, 0.2) is 0 Å². The Morgan fingerprint density at radius 3 is 1.50 bits per heavy atom. The first-order chi connectivity index (χ1) is 25.8. The molecule has 0 aliphatic carbocycles. The predicted octanol–water partition coefficient (Wildman–Crippen LogP) is 12.9. The minimum Gasteiger partial charge on any atom is -0.309 e. The third-order valence-electron chi connectivity index (χ3n) is 10.7. The molecule has 3 aromatic heterocycles. The highest BCUT2D eigenvalue weighted by molar-refractivity contribution is 6.26. The SMILES string of the molecule is c1ccc(-n2c3ccccc3c3ccc4c(c5ccccc5n4-c4cc(-c5cccc6ccccc56)nc(-c5cccc6ccccc56)c4)c32)cc1. The molecule has 0 saturated carbocycles. The first-order valence-electron chi connectivity index (χ1n) is 17.8. The van der Waals surface area contributed by atoms with Crippen molar-refractivity contribution in [3.05, 3.63) is 188 Å². The lowest BCUT2D eigenvalue weighted by Gasteiger charge is -2.15. The molecule has 0 saturated heterocycles. The van der Waals surface area contributed by atoms with Crippen LogP contribution in [0.15, 0.2) is 188 Å². The van der Waals surface area contributed by atoms with Gasteiger partial charge in [-0.1, -0.05) is 146 Å². The molecule has 0 fully saturated rings. The fourth-order valence-electron chi connectivity index (χ4n) is 8.45. The van der Waals surface area contributed by atoms with Crippen LogP contribution in [0.25, 0.3) is 99.0 Å². The summed E-state index contributed by atoms with van der Waals surface area (Å²) in [5, 5.41) is 9.74. The number of hydrogen-bond donors (Lipinski definition) is 0. The molecule has 11 rings (SSSR count). The van der Waals surface area contributed by atoms with Crippen molar-refractivity contribution in [3.63, 3.8) is 0 Å². The van der Waals surface area contributed by atoms with Crippen molar-refractivity contribution >= 4 is 65.2 Å². The van der Waals surface area contributed by atoms with E-state index in [1.807, 2.05) is 0 Å². The lowest BCUT2D eigenvalue weighted by Crippen LogP contribution is -1.99. The van der Waals surface area contributed by atoms with Gasteiger partial charge < -0.3 is 9.13 Å². The summed E-state index contributed by atoms with van der Waals surface area (Å²) in [6, 6.07) is 67.8. The summed E-state index contributed by atoms with van der Waals surface area (Å²) in [5.74, 6) is 0. The molecule has 0 atom stereocenters.